The Morgan fingerprint density at radius 2 is 1.71 bits per heavy atom. The maximum absolute atomic E-state index is 5.80. The highest BCUT2D eigenvalue weighted by Gasteiger charge is 2.07. The van der Waals surface area contributed by atoms with Crippen molar-refractivity contribution in [2.24, 2.45) is 5.73 Å². The van der Waals surface area contributed by atoms with E-state index in [1.54, 1.807) is 12.4 Å². The van der Waals surface area contributed by atoms with Gasteiger partial charge in [-0.15, -0.1) is 0 Å². The Kier molecular flexibility index (Phi) is 3.79. The van der Waals surface area contributed by atoms with Gasteiger partial charge >= 0.3 is 0 Å². The molecule has 0 saturated carbocycles. The van der Waals surface area contributed by atoms with Crippen LogP contribution >= 0.6 is 12.2 Å². The maximum atomic E-state index is 5.80. The van der Waals surface area contributed by atoms with Gasteiger partial charge in [-0.3, -0.25) is 4.98 Å². The van der Waals surface area contributed by atoms with Crippen LogP contribution in [0, 0.1) is 0 Å². The molecule has 3 aromatic rings. The van der Waals surface area contributed by atoms with Crippen LogP contribution in [0.1, 0.15) is 11.1 Å². The molecule has 2 aromatic carbocycles. The Hall–Kier alpha value is -2.46. The van der Waals surface area contributed by atoms with Crippen LogP contribution in [-0.4, -0.2) is 9.97 Å². The normalized spacial score (nSPS) is 10.5. The topological polar surface area (TPSA) is 50.9 Å². The van der Waals surface area contributed by atoms with Crippen LogP contribution in [0.4, 0.5) is 5.69 Å². The highest BCUT2D eigenvalue weighted by atomic mass is 32.1. The Morgan fingerprint density at radius 1 is 1.00 bits per heavy atom. The van der Waals surface area contributed by atoms with Crippen molar-refractivity contribution >= 4 is 33.7 Å². The molecule has 3 rings (SSSR count). The summed E-state index contributed by atoms with van der Waals surface area (Å²) in [7, 11) is 0. The Bertz CT molecular complexity index is 784. The SMILES string of the molecule is NC(=S)c1ccc(NCc2ccncc2)c2ccccc12. The predicted molar refractivity (Wildman–Crippen MR) is 91.4 cm³/mol. The van der Waals surface area contributed by atoms with E-state index in [0.29, 0.717) is 4.99 Å². The second-order valence-corrected chi connectivity index (χ2v) is 5.22. The van der Waals surface area contributed by atoms with Crippen LogP contribution in [0.25, 0.3) is 10.8 Å². The molecule has 0 aliphatic rings. The van der Waals surface area contributed by atoms with Crippen molar-refractivity contribution in [1.82, 2.24) is 4.98 Å². The number of anilines is 1. The average Bonchev–Trinajstić information content (AvgIpc) is 2.53. The molecule has 1 aromatic heterocycles. The van der Waals surface area contributed by atoms with Crippen LogP contribution in [0.3, 0.4) is 0 Å². The van der Waals surface area contributed by atoms with E-state index in [1.165, 1.54) is 5.56 Å². The summed E-state index contributed by atoms with van der Waals surface area (Å²) in [5, 5.41) is 5.65. The summed E-state index contributed by atoms with van der Waals surface area (Å²) in [6.45, 7) is 0.749. The number of pyridine rings is 1. The fraction of sp³-hybridized carbons (Fsp3) is 0.0588. The molecule has 0 radical (unpaired) electrons. The lowest BCUT2D eigenvalue weighted by atomic mass is 10.0. The van der Waals surface area contributed by atoms with Gasteiger partial charge in [0.05, 0.1) is 0 Å². The second-order valence-electron chi connectivity index (χ2n) is 4.78. The van der Waals surface area contributed by atoms with Crippen LogP contribution in [-0.2, 0) is 6.54 Å². The minimum absolute atomic E-state index is 0.423. The van der Waals surface area contributed by atoms with Gasteiger partial charge in [-0.05, 0) is 35.2 Å². The highest BCUT2D eigenvalue weighted by molar-refractivity contribution is 7.80. The van der Waals surface area contributed by atoms with Gasteiger partial charge in [0.15, 0.2) is 0 Å². The largest absolute Gasteiger partial charge is 0.389 e. The van der Waals surface area contributed by atoms with Gasteiger partial charge in [-0.2, -0.15) is 0 Å². The summed E-state index contributed by atoms with van der Waals surface area (Å²) in [4.78, 5) is 4.45. The average molecular weight is 293 g/mol. The van der Waals surface area contributed by atoms with E-state index in [2.05, 4.69) is 16.4 Å². The number of rotatable bonds is 4. The molecule has 21 heavy (non-hydrogen) atoms. The van der Waals surface area contributed by atoms with E-state index in [-0.39, 0.29) is 0 Å². The van der Waals surface area contributed by atoms with Gasteiger partial charge in [-0.1, -0.05) is 36.5 Å². The zero-order valence-electron chi connectivity index (χ0n) is 11.4. The number of aromatic nitrogens is 1. The van der Waals surface area contributed by atoms with Crippen LogP contribution in [0.5, 0.6) is 0 Å². The minimum Gasteiger partial charge on any atom is -0.389 e. The third kappa shape index (κ3) is 2.85. The number of hydrogen-bond donors (Lipinski definition) is 2. The summed E-state index contributed by atoms with van der Waals surface area (Å²) in [5.41, 5.74) is 8.97. The second kappa shape index (κ2) is 5.89. The van der Waals surface area contributed by atoms with Crippen molar-refractivity contribution in [1.29, 1.82) is 0 Å². The molecule has 0 fully saturated rings. The first kappa shape index (κ1) is 13.5. The summed E-state index contributed by atoms with van der Waals surface area (Å²) in [5.74, 6) is 0. The van der Waals surface area contributed by atoms with Crippen molar-refractivity contribution in [3.63, 3.8) is 0 Å². The van der Waals surface area contributed by atoms with E-state index < -0.39 is 0 Å². The van der Waals surface area contributed by atoms with Gasteiger partial charge in [0.2, 0.25) is 0 Å². The van der Waals surface area contributed by atoms with Crippen LogP contribution < -0.4 is 11.1 Å². The Balaban J connectivity index is 1.96. The molecule has 104 valence electrons. The first-order valence-electron chi connectivity index (χ1n) is 6.70. The maximum Gasteiger partial charge on any atom is 0.104 e. The van der Waals surface area contributed by atoms with E-state index in [9.17, 15) is 0 Å². The van der Waals surface area contributed by atoms with Crippen molar-refractivity contribution in [3.05, 3.63) is 72.1 Å². The van der Waals surface area contributed by atoms with E-state index in [0.717, 1.165) is 28.6 Å². The molecule has 0 aliphatic carbocycles. The van der Waals surface area contributed by atoms with Gasteiger partial charge in [-0.25, -0.2) is 0 Å². The molecular formula is C17H15N3S. The number of nitrogens with zero attached hydrogens (tertiary/aromatic N) is 1. The monoisotopic (exact) mass is 293 g/mol. The molecule has 0 atom stereocenters. The fourth-order valence-electron chi connectivity index (χ4n) is 2.37. The van der Waals surface area contributed by atoms with Crippen molar-refractivity contribution in [2.45, 2.75) is 6.54 Å². The zero-order chi connectivity index (χ0) is 14.7. The predicted octanol–water partition coefficient (Wildman–Crippen LogP) is 3.48. The third-order valence-electron chi connectivity index (χ3n) is 3.42. The van der Waals surface area contributed by atoms with E-state index in [1.807, 2.05) is 42.5 Å². The lowest BCUT2D eigenvalue weighted by Gasteiger charge is -2.12. The molecule has 0 spiro atoms. The van der Waals surface area contributed by atoms with E-state index >= 15 is 0 Å². The molecule has 4 heteroatoms. The number of benzene rings is 2. The number of fused-ring (bicyclic) bond motifs is 1. The van der Waals surface area contributed by atoms with Gasteiger partial charge in [0.1, 0.15) is 4.99 Å². The van der Waals surface area contributed by atoms with Crippen LogP contribution in [0.15, 0.2) is 60.9 Å². The number of nitrogens with one attached hydrogen (secondary N) is 1. The Labute approximate surface area is 128 Å². The molecule has 3 N–H and O–H groups in total. The molecule has 3 nitrogen and oxygen atoms in total. The van der Waals surface area contributed by atoms with Crippen LogP contribution in [0.2, 0.25) is 0 Å². The lowest BCUT2D eigenvalue weighted by molar-refractivity contribution is 1.13. The van der Waals surface area contributed by atoms with Crippen molar-refractivity contribution in [2.75, 3.05) is 5.32 Å². The van der Waals surface area contributed by atoms with Crippen molar-refractivity contribution < 1.29 is 0 Å². The fourth-order valence-corrected chi connectivity index (χ4v) is 2.54. The highest BCUT2D eigenvalue weighted by Crippen LogP contribution is 2.27. The minimum atomic E-state index is 0.423. The van der Waals surface area contributed by atoms with E-state index in [4.69, 9.17) is 18.0 Å². The first-order valence-corrected chi connectivity index (χ1v) is 7.11. The van der Waals surface area contributed by atoms with Gasteiger partial charge < -0.3 is 11.1 Å². The summed E-state index contributed by atoms with van der Waals surface area (Å²) in [6.07, 6.45) is 3.59. The molecule has 0 saturated heterocycles. The summed E-state index contributed by atoms with van der Waals surface area (Å²) in [6, 6.07) is 16.1. The third-order valence-corrected chi connectivity index (χ3v) is 3.64. The zero-order valence-corrected chi connectivity index (χ0v) is 12.2. The lowest BCUT2D eigenvalue weighted by Crippen LogP contribution is -2.10. The Morgan fingerprint density at radius 3 is 2.43 bits per heavy atom. The number of thiocarbonyl (C=S) groups is 1. The first-order chi connectivity index (χ1) is 10.3. The smallest absolute Gasteiger partial charge is 0.104 e. The molecular weight excluding hydrogens is 278 g/mol. The summed E-state index contributed by atoms with van der Waals surface area (Å²) >= 11 is 5.12. The molecule has 0 aliphatic heterocycles. The van der Waals surface area contributed by atoms with Crippen molar-refractivity contribution in [3.8, 4) is 0 Å². The molecule has 0 unspecified atom stereocenters. The quantitative estimate of drug-likeness (QED) is 0.723. The van der Waals surface area contributed by atoms with Gasteiger partial charge in [0, 0.05) is 35.6 Å². The number of nitrogens with two attached hydrogens (primary N) is 1. The molecule has 1 heterocycles. The molecule has 0 bridgehead atoms. The number of hydrogen-bond acceptors (Lipinski definition) is 3. The van der Waals surface area contributed by atoms with Gasteiger partial charge in [0.25, 0.3) is 0 Å². The molecule has 0 amide bonds. The standard InChI is InChI=1S/C17H15N3S/c18-17(21)15-5-6-16(14-4-2-1-3-13(14)15)20-11-12-7-9-19-10-8-12/h1-10,20H,11H2,(H2,18,21). The summed E-state index contributed by atoms with van der Waals surface area (Å²) < 4.78 is 0.